The molecule has 1 aliphatic heterocycles. The molecule has 2 aromatic rings. The maximum absolute atomic E-state index is 13.1. The number of hydrogen-bond acceptors (Lipinski definition) is 4. The Labute approximate surface area is 213 Å². The molecule has 0 spiro atoms. The van der Waals surface area contributed by atoms with Gasteiger partial charge in [-0.1, -0.05) is 51.1 Å². The van der Waals surface area contributed by atoms with Gasteiger partial charge in [0.2, 0.25) is 0 Å². The van der Waals surface area contributed by atoms with E-state index in [0.29, 0.717) is 27.8 Å². The summed E-state index contributed by atoms with van der Waals surface area (Å²) in [5.74, 6) is 7.58. The van der Waals surface area contributed by atoms with Crippen molar-refractivity contribution in [2.24, 2.45) is 16.7 Å². The lowest BCUT2D eigenvalue weighted by Gasteiger charge is -2.63. The molecule has 0 unspecified atom stereocenters. The highest BCUT2D eigenvalue weighted by Crippen LogP contribution is 2.55. The molecule has 6 heteroatoms. The fraction of sp³-hybridized carbons (Fsp3) is 0.448. The van der Waals surface area contributed by atoms with Crippen LogP contribution in [0, 0.1) is 39.9 Å². The number of nitriles is 1. The number of piperidine rings is 1. The lowest BCUT2D eigenvalue weighted by molar-refractivity contribution is -0.164. The van der Waals surface area contributed by atoms with Crippen LogP contribution in [0.1, 0.15) is 62.0 Å². The zero-order valence-electron chi connectivity index (χ0n) is 20.7. The zero-order valence-corrected chi connectivity index (χ0v) is 21.5. The predicted octanol–water partition coefficient (Wildman–Crippen LogP) is 5.17. The number of carbonyl (C=O) groups is 1. The second kappa shape index (κ2) is 9.94. The van der Waals surface area contributed by atoms with Crippen molar-refractivity contribution in [1.29, 1.82) is 5.26 Å². The number of rotatable bonds is 4. The van der Waals surface area contributed by atoms with Crippen molar-refractivity contribution in [2.45, 2.75) is 52.7 Å². The highest BCUT2D eigenvalue weighted by Gasteiger charge is 2.64. The van der Waals surface area contributed by atoms with E-state index in [4.69, 9.17) is 21.6 Å². The van der Waals surface area contributed by atoms with Gasteiger partial charge >= 0.3 is 0 Å². The molecule has 1 heterocycles. The first-order valence-electron chi connectivity index (χ1n) is 12.1. The molecule has 2 N–H and O–H groups in total. The van der Waals surface area contributed by atoms with E-state index in [-0.39, 0.29) is 28.9 Å². The topological polar surface area (TPSA) is 74.2 Å². The lowest BCUT2D eigenvalue weighted by Crippen LogP contribution is -2.74. The summed E-state index contributed by atoms with van der Waals surface area (Å²) in [5.41, 5.74) is 1.35. The molecule has 0 aromatic heterocycles. The van der Waals surface area contributed by atoms with E-state index < -0.39 is 0 Å². The van der Waals surface area contributed by atoms with Gasteiger partial charge in [0.25, 0.3) is 5.91 Å². The monoisotopic (exact) mass is 489 g/mol. The summed E-state index contributed by atoms with van der Waals surface area (Å²) in [4.78, 5) is 13.1. The van der Waals surface area contributed by atoms with E-state index in [1.54, 1.807) is 18.2 Å². The average molecular weight is 490 g/mol. The van der Waals surface area contributed by atoms with Gasteiger partial charge in [-0.2, -0.15) is 5.26 Å². The number of halogens is 1. The smallest absolute Gasteiger partial charge is 0.251 e. The van der Waals surface area contributed by atoms with Crippen LogP contribution in [0.4, 0.5) is 0 Å². The number of nitrogens with zero attached hydrogens (tertiary/aromatic N) is 1. The first kappa shape index (κ1) is 25.1. The van der Waals surface area contributed by atoms with Crippen LogP contribution in [0.3, 0.4) is 0 Å². The van der Waals surface area contributed by atoms with Crippen LogP contribution < -0.4 is 15.4 Å². The van der Waals surface area contributed by atoms with E-state index in [0.717, 1.165) is 31.5 Å². The molecule has 1 saturated heterocycles. The van der Waals surface area contributed by atoms with Crippen molar-refractivity contribution in [3.05, 3.63) is 64.2 Å². The van der Waals surface area contributed by atoms with Crippen molar-refractivity contribution in [2.75, 3.05) is 13.1 Å². The largest absolute Gasteiger partial charge is 0.489 e. The Morgan fingerprint density at radius 1 is 1.09 bits per heavy atom. The van der Waals surface area contributed by atoms with Crippen molar-refractivity contribution >= 4 is 17.5 Å². The van der Waals surface area contributed by atoms with Gasteiger partial charge in [0.1, 0.15) is 17.9 Å². The number of carbonyl (C=O) groups excluding carboxylic acids is 1. The number of ether oxygens (including phenoxy) is 1. The number of nitrogens with one attached hydrogen (secondary N) is 2. The van der Waals surface area contributed by atoms with E-state index in [1.807, 2.05) is 24.3 Å². The third-order valence-electron chi connectivity index (χ3n) is 7.34. The Kier molecular flexibility index (Phi) is 7.13. The quantitative estimate of drug-likeness (QED) is 0.581. The standard InChI is InChI=1S/C29H32ClN3O2/c1-28(2)26(29(3,4)27(28)35-23-12-11-22(18-31)24(30)17-23)33-25(34)21-9-7-19(8-10-21)5-6-20-13-15-32-16-14-20/h7-12,17,20,26-27,32H,13-16H2,1-4H3,(H,33,34)/t26-,27-. The molecule has 0 radical (unpaired) electrons. The highest BCUT2D eigenvalue weighted by atomic mass is 35.5. The van der Waals surface area contributed by atoms with Crippen LogP contribution in [0.2, 0.25) is 5.02 Å². The second-order valence-corrected chi connectivity index (χ2v) is 11.1. The molecule has 1 saturated carbocycles. The maximum atomic E-state index is 13.1. The lowest BCUT2D eigenvalue weighted by atomic mass is 9.49. The molecule has 5 nitrogen and oxygen atoms in total. The van der Waals surface area contributed by atoms with Crippen LogP contribution in [0.25, 0.3) is 0 Å². The number of hydrogen-bond donors (Lipinski definition) is 2. The SMILES string of the molecule is CC1(C)[C@H](NC(=O)c2ccc(C#CC3CCNCC3)cc2)C(C)(C)[C@H]1Oc1ccc(C#N)c(Cl)c1. The maximum Gasteiger partial charge on any atom is 0.251 e. The van der Waals surface area contributed by atoms with Gasteiger partial charge in [-0.3, -0.25) is 4.79 Å². The first-order valence-corrected chi connectivity index (χ1v) is 12.5. The molecule has 0 bridgehead atoms. The molecule has 182 valence electrons. The van der Waals surface area contributed by atoms with Crippen LogP contribution in [0.5, 0.6) is 5.75 Å². The van der Waals surface area contributed by atoms with Crippen LogP contribution in [-0.4, -0.2) is 31.1 Å². The minimum Gasteiger partial charge on any atom is -0.489 e. The summed E-state index contributed by atoms with van der Waals surface area (Å²) >= 11 is 6.18. The molecule has 2 aliphatic rings. The third kappa shape index (κ3) is 5.18. The Hall–Kier alpha value is -2.99. The molecule has 35 heavy (non-hydrogen) atoms. The van der Waals surface area contributed by atoms with E-state index in [9.17, 15) is 4.79 Å². The Balaban J connectivity index is 1.40. The molecular formula is C29H32ClN3O2. The zero-order chi connectivity index (χ0) is 25.2. The summed E-state index contributed by atoms with van der Waals surface area (Å²) < 4.78 is 6.31. The van der Waals surface area contributed by atoms with Crippen molar-refractivity contribution in [3.8, 4) is 23.7 Å². The van der Waals surface area contributed by atoms with Gasteiger partial charge < -0.3 is 15.4 Å². The summed E-state index contributed by atoms with van der Waals surface area (Å²) in [6.45, 7) is 10.4. The Bertz CT molecular complexity index is 1180. The molecule has 2 fully saturated rings. The van der Waals surface area contributed by atoms with Crippen LogP contribution in [-0.2, 0) is 0 Å². The second-order valence-electron chi connectivity index (χ2n) is 10.7. The third-order valence-corrected chi connectivity index (χ3v) is 7.65. The minimum atomic E-state index is -0.306. The molecule has 4 rings (SSSR count). The fourth-order valence-corrected chi connectivity index (χ4v) is 5.88. The highest BCUT2D eigenvalue weighted by molar-refractivity contribution is 6.31. The molecule has 0 atom stereocenters. The first-order chi connectivity index (χ1) is 16.6. The van der Waals surface area contributed by atoms with Gasteiger partial charge in [-0.15, -0.1) is 0 Å². The summed E-state index contributed by atoms with van der Waals surface area (Å²) in [6, 6.07) is 14.6. The summed E-state index contributed by atoms with van der Waals surface area (Å²) in [7, 11) is 0. The normalized spacial score (nSPS) is 22.6. The van der Waals surface area contributed by atoms with Crippen molar-refractivity contribution < 1.29 is 9.53 Å². The fourth-order valence-electron chi connectivity index (χ4n) is 5.67. The summed E-state index contributed by atoms with van der Waals surface area (Å²) in [5, 5.41) is 16.1. The number of amides is 1. The van der Waals surface area contributed by atoms with Gasteiger partial charge in [-0.25, -0.2) is 0 Å². The number of benzene rings is 2. The molecule has 1 aliphatic carbocycles. The van der Waals surface area contributed by atoms with E-state index in [2.05, 4.69) is 56.2 Å². The predicted molar refractivity (Wildman–Crippen MR) is 138 cm³/mol. The van der Waals surface area contributed by atoms with Gasteiger partial charge in [-0.05, 0) is 62.3 Å². The summed E-state index contributed by atoms with van der Waals surface area (Å²) in [6.07, 6.45) is 2.03. The average Bonchev–Trinajstić information content (AvgIpc) is 2.85. The molecular weight excluding hydrogens is 458 g/mol. The van der Waals surface area contributed by atoms with Crippen molar-refractivity contribution in [1.82, 2.24) is 10.6 Å². The minimum absolute atomic E-state index is 0.0827. The Morgan fingerprint density at radius 2 is 1.74 bits per heavy atom. The van der Waals surface area contributed by atoms with Gasteiger partial charge in [0.15, 0.2) is 0 Å². The van der Waals surface area contributed by atoms with Crippen LogP contribution >= 0.6 is 11.6 Å². The van der Waals surface area contributed by atoms with E-state index >= 15 is 0 Å². The van der Waals surface area contributed by atoms with E-state index in [1.165, 1.54) is 0 Å². The van der Waals surface area contributed by atoms with Gasteiger partial charge in [0, 0.05) is 40.0 Å². The molecule has 2 aromatic carbocycles. The van der Waals surface area contributed by atoms with Crippen LogP contribution in [0.15, 0.2) is 42.5 Å². The molecule has 1 amide bonds. The Morgan fingerprint density at radius 3 is 2.34 bits per heavy atom. The van der Waals surface area contributed by atoms with Crippen molar-refractivity contribution in [3.63, 3.8) is 0 Å². The van der Waals surface area contributed by atoms with Gasteiger partial charge in [0.05, 0.1) is 10.6 Å².